The zero-order chi connectivity index (χ0) is 27.5. The first-order chi connectivity index (χ1) is 18.7. The first-order valence-electron chi connectivity index (χ1n) is 13.2. The SMILES string of the molecule is COC(=O)C1=CC2CCC=CC(C1CC(=O)O)C2OC1OC(CO)C23OC=c4[n-]ccc4=C2CCC1(O)C3O. The van der Waals surface area contributed by atoms with Gasteiger partial charge in [-0.05, 0) is 36.5 Å². The Bertz CT molecular complexity index is 1350. The van der Waals surface area contributed by atoms with Crippen LogP contribution in [0.1, 0.15) is 32.1 Å². The number of allylic oxidation sites excluding steroid dienone is 1. The normalized spacial score (nSPS) is 40.3. The van der Waals surface area contributed by atoms with Gasteiger partial charge in [-0.3, -0.25) is 4.79 Å². The smallest absolute Gasteiger partial charge is 0.333 e. The molecule has 3 heterocycles. The van der Waals surface area contributed by atoms with E-state index >= 15 is 0 Å². The second kappa shape index (κ2) is 9.60. The van der Waals surface area contributed by atoms with Crippen LogP contribution in [0.25, 0.3) is 11.8 Å². The molecule has 9 unspecified atom stereocenters. The van der Waals surface area contributed by atoms with Gasteiger partial charge in [0.05, 0.1) is 32.5 Å². The monoisotopic (exact) mass is 542 g/mol. The molecule has 11 nitrogen and oxygen atoms in total. The average Bonchev–Trinajstić information content (AvgIpc) is 3.34. The first kappa shape index (κ1) is 26.3. The highest BCUT2D eigenvalue weighted by atomic mass is 16.7. The van der Waals surface area contributed by atoms with Crippen molar-refractivity contribution < 1.29 is 49.0 Å². The summed E-state index contributed by atoms with van der Waals surface area (Å²) in [4.78, 5) is 28.7. The highest BCUT2D eigenvalue weighted by molar-refractivity contribution is 5.90. The number of ether oxygens (including phenoxy) is 4. The molecule has 39 heavy (non-hydrogen) atoms. The van der Waals surface area contributed by atoms with Gasteiger partial charge in [0.2, 0.25) is 0 Å². The number of carbonyl (C=O) groups excluding carboxylic acids is 1. The summed E-state index contributed by atoms with van der Waals surface area (Å²) in [5.74, 6) is -3.21. The molecule has 1 saturated heterocycles. The van der Waals surface area contributed by atoms with E-state index in [4.69, 9.17) is 18.9 Å². The van der Waals surface area contributed by atoms with E-state index in [1.165, 1.54) is 13.4 Å². The number of aliphatic carboxylic acids is 1. The van der Waals surface area contributed by atoms with Gasteiger partial charge in [-0.25, -0.2) is 4.79 Å². The summed E-state index contributed by atoms with van der Waals surface area (Å²) >= 11 is 0. The molecule has 4 N–H and O–H groups in total. The third-order valence-electron chi connectivity index (χ3n) is 9.07. The molecule has 2 fully saturated rings. The average molecular weight is 543 g/mol. The summed E-state index contributed by atoms with van der Waals surface area (Å²) in [6.07, 6.45) is 5.43. The molecular weight excluding hydrogens is 510 g/mol. The van der Waals surface area contributed by atoms with Crippen molar-refractivity contribution in [2.75, 3.05) is 13.7 Å². The van der Waals surface area contributed by atoms with Gasteiger partial charge in [0.25, 0.3) is 0 Å². The van der Waals surface area contributed by atoms with Crippen LogP contribution in [-0.2, 0) is 28.5 Å². The van der Waals surface area contributed by atoms with Gasteiger partial charge in [0, 0.05) is 23.3 Å². The van der Waals surface area contributed by atoms with E-state index in [2.05, 4.69) is 4.98 Å². The lowest BCUT2D eigenvalue weighted by atomic mass is 9.63. The number of hydrogen-bond donors (Lipinski definition) is 4. The fourth-order valence-corrected chi connectivity index (χ4v) is 7.22. The highest BCUT2D eigenvalue weighted by Crippen LogP contribution is 2.53. The Morgan fingerprint density at radius 3 is 2.87 bits per heavy atom. The van der Waals surface area contributed by atoms with Crippen LogP contribution < -0.4 is 15.6 Å². The van der Waals surface area contributed by atoms with Crippen molar-refractivity contribution in [2.24, 2.45) is 17.8 Å². The minimum Gasteiger partial charge on any atom is -0.661 e. The number of esters is 1. The fraction of sp³-hybridized carbons (Fsp3) is 0.571. The molecule has 0 radical (unpaired) electrons. The number of aliphatic hydroxyl groups excluding tert-OH is 2. The fourth-order valence-electron chi connectivity index (χ4n) is 7.22. The predicted molar refractivity (Wildman–Crippen MR) is 133 cm³/mol. The minimum absolute atomic E-state index is 0.0990. The van der Waals surface area contributed by atoms with Crippen molar-refractivity contribution in [2.45, 2.75) is 67.9 Å². The van der Waals surface area contributed by atoms with E-state index in [0.717, 1.165) is 5.22 Å². The lowest BCUT2D eigenvalue weighted by Crippen LogP contribution is -2.77. The molecule has 1 saturated carbocycles. The number of carboxylic acids is 1. The maximum absolute atomic E-state index is 12.6. The second-order valence-electron chi connectivity index (χ2n) is 10.9. The Kier molecular flexibility index (Phi) is 6.47. The van der Waals surface area contributed by atoms with Crippen LogP contribution >= 0.6 is 0 Å². The molecule has 1 aromatic heterocycles. The van der Waals surface area contributed by atoms with Gasteiger partial charge in [0.1, 0.15) is 17.8 Å². The lowest BCUT2D eigenvalue weighted by Gasteiger charge is -2.60. The lowest BCUT2D eigenvalue weighted by molar-refractivity contribution is -0.374. The zero-order valence-electron chi connectivity index (χ0n) is 21.4. The number of carboxylic acid groups (broad SMARTS) is 1. The molecular formula is C28H32NO10-. The van der Waals surface area contributed by atoms with Crippen LogP contribution in [0.4, 0.5) is 0 Å². The number of rotatable bonds is 6. The van der Waals surface area contributed by atoms with Gasteiger partial charge in [-0.2, -0.15) is 6.20 Å². The number of methoxy groups -OCH3 is 1. The van der Waals surface area contributed by atoms with Gasteiger partial charge in [-0.15, -0.1) is 0 Å². The summed E-state index contributed by atoms with van der Waals surface area (Å²) in [6, 6.07) is 1.81. The molecule has 4 bridgehead atoms. The molecule has 9 atom stereocenters. The maximum Gasteiger partial charge on any atom is 0.333 e. The van der Waals surface area contributed by atoms with Crippen LogP contribution in [0.3, 0.4) is 0 Å². The van der Waals surface area contributed by atoms with Crippen LogP contribution in [0.2, 0.25) is 0 Å². The number of aliphatic hydroxyl groups is 3. The topological polar surface area (TPSA) is 166 Å². The van der Waals surface area contributed by atoms with Crippen molar-refractivity contribution in [1.29, 1.82) is 0 Å². The Morgan fingerprint density at radius 1 is 1.31 bits per heavy atom. The van der Waals surface area contributed by atoms with E-state index in [-0.39, 0.29) is 18.8 Å². The summed E-state index contributed by atoms with van der Waals surface area (Å²) in [7, 11) is 1.26. The van der Waals surface area contributed by atoms with Gasteiger partial charge in [0.15, 0.2) is 11.9 Å². The molecule has 0 amide bonds. The molecule has 11 heteroatoms. The number of hydrogen-bond acceptors (Lipinski definition) is 9. The number of fused-ring (bicyclic) bond motifs is 4. The minimum atomic E-state index is -1.89. The van der Waals surface area contributed by atoms with Crippen LogP contribution in [0.15, 0.2) is 36.1 Å². The number of aromatic nitrogens is 1. The molecule has 1 aromatic rings. The van der Waals surface area contributed by atoms with Crippen LogP contribution in [0.5, 0.6) is 0 Å². The first-order valence-corrected chi connectivity index (χ1v) is 13.2. The molecule has 6 rings (SSSR count). The Labute approximate surface area is 224 Å². The van der Waals surface area contributed by atoms with Crippen molar-refractivity contribution in [1.82, 2.24) is 4.98 Å². The largest absolute Gasteiger partial charge is 0.661 e. The summed E-state index contributed by atoms with van der Waals surface area (Å²) in [5.41, 5.74) is -2.41. The number of carbonyl (C=O) groups is 2. The number of nitrogens with zero attached hydrogens (tertiary/aromatic N) is 1. The molecule has 210 valence electrons. The highest BCUT2D eigenvalue weighted by Gasteiger charge is 2.69. The van der Waals surface area contributed by atoms with Crippen molar-refractivity contribution >= 4 is 23.8 Å². The van der Waals surface area contributed by atoms with Gasteiger partial charge in [-0.1, -0.05) is 29.6 Å². The van der Waals surface area contributed by atoms with E-state index in [1.54, 1.807) is 12.3 Å². The summed E-state index contributed by atoms with van der Waals surface area (Å²) in [6.45, 7) is -0.515. The summed E-state index contributed by atoms with van der Waals surface area (Å²) < 4.78 is 23.7. The van der Waals surface area contributed by atoms with Gasteiger partial charge < -0.3 is 44.4 Å². The van der Waals surface area contributed by atoms with Crippen LogP contribution in [0, 0.1) is 17.8 Å². The second-order valence-corrected chi connectivity index (χ2v) is 10.9. The van der Waals surface area contributed by atoms with Crippen LogP contribution in [-0.4, -0.2) is 81.9 Å². The summed E-state index contributed by atoms with van der Waals surface area (Å²) in [5, 5.41) is 45.1. The van der Waals surface area contributed by atoms with E-state index in [0.29, 0.717) is 35.8 Å². The van der Waals surface area contributed by atoms with Gasteiger partial charge >= 0.3 is 11.9 Å². The predicted octanol–water partition coefficient (Wildman–Crippen LogP) is -0.924. The molecule has 2 aliphatic heterocycles. The third kappa shape index (κ3) is 3.82. The molecule has 1 spiro atoms. The molecule has 5 aliphatic rings. The zero-order valence-corrected chi connectivity index (χ0v) is 21.4. The Balaban J connectivity index is 1.38. The standard InChI is InChI=1S/C28H32NO10/c1-36-24(33)18-10-14-4-2-3-5-15(17(18)11-22(31)32)23(14)39-26-27(35)8-6-19-16-7-9-29-20(16)13-37-28(19,25(27)34)21(12-30)38-26/h3,5,7,9-10,13-15,17,21,23,25-26,30,34-35H,2,4,6,8,11-12H2,1H3,(H,31,32)/q-1. The Hall–Kier alpha value is -2.96. The molecule has 0 aromatic carbocycles. The Morgan fingerprint density at radius 2 is 2.13 bits per heavy atom. The quantitative estimate of drug-likeness (QED) is 0.259. The van der Waals surface area contributed by atoms with E-state index in [9.17, 15) is 30.0 Å². The molecule has 3 aliphatic carbocycles. The van der Waals surface area contributed by atoms with Crippen molar-refractivity contribution in [3.8, 4) is 0 Å². The van der Waals surface area contributed by atoms with Crippen molar-refractivity contribution in [3.63, 3.8) is 0 Å². The van der Waals surface area contributed by atoms with E-state index < -0.39 is 66.2 Å². The van der Waals surface area contributed by atoms with E-state index in [1.807, 2.05) is 18.2 Å². The van der Waals surface area contributed by atoms with Crippen molar-refractivity contribution in [3.05, 3.63) is 46.6 Å². The maximum atomic E-state index is 12.6. The third-order valence-corrected chi connectivity index (χ3v) is 9.07.